The van der Waals surface area contributed by atoms with Crippen molar-refractivity contribution in [2.45, 2.75) is 43.8 Å². The van der Waals surface area contributed by atoms with E-state index in [1.54, 1.807) is 6.07 Å². The molecule has 0 bridgehead atoms. The van der Waals surface area contributed by atoms with Crippen LogP contribution in [0.1, 0.15) is 33.3 Å². The summed E-state index contributed by atoms with van der Waals surface area (Å²) in [6.07, 6.45) is 1.46. The van der Waals surface area contributed by atoms with Crippen LogP contribution in [0.3, 0.4) is 0 Å². The summed E-state index contributed by atoms with van der Waals surface area (Å²) in [6.45, 7) is 7.17. The van der Waals surface area contributed by atoms with E-state index in [9.17, 15) is 18.1 Å². The largest absolute Gasteiger partial charge is 0.492 e. The third-order valence-corrected chi connectivity index (χ3v) is 5.20. The molecule has 0 aromatic heterocycles. The molecule has 1 aliphatic rings. The molecule has 1 aromatic rings. The second-order valence-corrected chi connectivity index (χ2v) is 7.87. The third-order valence-electron chi connectivity index (χ3n) is 4.28. The van der Waals surface area contributed by atoms with Gasteiger partial charge in [-0.1, -0.05) is 24.3 Å². The summed E-state index contributed by atoms with van der Waals surface area (Å²) >= 11 is 0. The molecule has 0 unspecified atom stereocenters. The normalized spacial score (nSPS) is 20.8. The van der Waals surface area contributed by atoms with Crippen molar-refractivity contribution in [2.75, 3.05) is 6.61 Å². The topological polar surface area (TPSA) is 93.1 Å². The van der Waals surface area contributed by atoms with Gasteiger partial charge in [0.05, 0.1) is 17.8 Å². The van der Waals surface area contributed by atoms with E-state index in [1.807, 2.05) is 27.7 Å². The zero-order valence-electron chi connectivity index (χ0n) is 13.6. The predicted octanol–water partition coefficient (Wildman–Crippen LogP) is 1.94. The van der Waals surface area contributed by atoms with Crippen LogP contribution in [0, 0.1) is 0 Å². The summed E-state index contributed by atoms with van der Waals surface area (Å²) in [5, 5.41) is 9.64. The van der Waals surface area contributed by atoms with Gasteiger partial charge in [0.25, 0.3) is 10.1 Å². The standard InChI is InChI=1S/C15H21BO6S/c1-14(2)15(3,4)22-16(21-14)12(10-17)9-11-7-5-6-8-13(11)23(18,19)20/h5-9,17H,10H2,1-4H3,(H,18,19,20). The van der Waals surface area contributed by atoms with Crippen LogP contribution >= 0.6 is 0 Å². The minimum atomic E-state index is -4.36. The van der Waals surface area contributed by atoms with Crippen LogP contribution in [0.5, 0.6) is 0 Å². The fourth-order valence-electron chi connectivity index (χ4n) is 2.22. The highest BCUT2D eigenvalue weighted by molar-refractivity contribution is 7.85. The molecule has 6 nitrogen and oxygen atoms in total. The molecule has 2 rings (SSSR count). The Morgan fingerprint density at radius 3 is 2.17 bits per heavy atom. The highest BCUT2D eigenvalue weighted by atomic mass is 32.2. The van der Waals surface area contributed by atoms with Crippen molar-refractivity contribution in [3.8, 4) is 0 Å². The average molecular weight is 340 g/mol. The molecule has 2 N–H and O–H groups in total. The maximum atomic E-state index is 11.5. The zero-order chi connectivity index (χ0) is 17.5. The Kier molecular flexibility index (Phi) is 4.76. The van der Waals surface area contributed by atoms with E-state index in [4.69, 9.17) is 9.31 Å². The molecular formula is C15H21BO6S. The molecule has 1 saturated heterocycles. The Morgan fingerprint density at radius 2 is 1.70 bits per heavy atom. The van der Waals surface area contributed by atoms with Crippen molar-refractivity contribution in [3.63, 3.8) is 0 Å². The minimum absolute atomic E-state index is 0.234. The summed E-state index contributed by atoms with van der Waals surface area (Å²) in [5.74, 6) is 0. The van der Waals surface area contributed by atoms with E-state index < -0.39 is 28.4 Å². The van der Waals surface area contributed by atoms with E-state index in [-0.39, 0.29) is 17.1 Å². The number of hydrogen-bond acceptors (Lipinski definition) is 5. The maximum Gasteiger partial charge on any atom is 0.492 e. The van der Waals surface area contributed by atoms with Gasteiger partial charge in [-0.15, -0.1) is 0 Å². The van der Waals surface area contributed by atoms with Crippen molar-refractivity contribution < 1.29 is 27.4 Å². The van der Waals surface area contributed by atoms with E-state index in [0.717, 1.165) is 0 Å². The first-order valence-corrected chi connectivity index (χ1v) is 8.65. The van der Waals surface area contributed by atoms with Crippen LogP contribution in [-0.2, 0) is 19.4 Å². The van der Waals surface area contributed by atoms with Crippen molar-refractivity contribution in [1.82, 2.24) is 0 Å². The summed E-state index contributed by atoms with van der Waals surface area (Å²) in [7, 11) is -5.16. The molecule has 8 heteroatoms. The van der Waals surface area contributed by atoms with Gasteiger partial charge in [0.1, 0.15) is 4.90 Å². The van der Waals surface area contributed by atoms with Crippen LogP contribution in [0.2, 0.25) is 0 Å². The number of aliphatic hydroxyl groups is 1. The van der Waals surface area contributed by atoms with Crippen molar-refractivity contribution in [3.05, 3.63) is 35.3 Å². The van der Waals surface area contributed by atoms with Crippen molar-refractivity contribution in [2.24, 2.45) is 0 Å². The molecule has 126 valence electrons. The number of hydrogen-bond donors (Lipinski definition) is 2. The van der Waals surface area contributed by atoms with Gasteiger partial charge in [-0.05, 0) is 44.8 Å². The SMILES string of the molecule is CC1(C)OB(C(=Cc2ccccc2S(=O)(=O)O)CO)OC1(C)C. The number of benzene rings is 1. The van der Waals surface area contributed by atoms with Crippen molar-refractivity contribution in [1.29, 1.82) is 0 Å². The van der Waals surface area contributed by atoms with Crippen LogP contribution in [-0.4, -0.2) is 43.0 Å². The molecule has 1 fully saturated rings. The molecule has 0 amide bonds. The Balaban J connectivity index is 2.43. The fourth-order valence-corrected chi connectivity index (χ4v) is 2.89. The summed E-state index contributed by atoms with van der Waals surface area (Å²) in [4.78, 5) is -0.234. The van der Waals surface area contributed by atoms with Crippen LogP contribution in [0.25, 0.3) is 6.08 Å². The van der Waals surface area contributed by atoms with Crippen LogP contribution in [0.15, 0.2) is 34.6 Å². The van der Waals surface area contributed by atoms with E-state index in [1.165, 1.54) is 24.3 Å². The Labute approximate surface area is 137 Å². The van der Waals surface area contributed by atoms with Gasteiger partial charge >= 0.3 is 7.12 Å². The second kappa shape index (κ2) is 6.03. The van der Waals surface area contributed by atoms with Gasteiger partial charge in [0, 0.05) is 0 Å². The Hall–Kier alpha value is -1.19. The zero-order valence-corrected chi connectivity index (χ0v) is 14.4. The molecule has 0 saturated carbocycles. The summed E-state index contributed by atoms with van der Waals surface area (Å²) in [6, 6.07) is 5.97. The van der Waals surface area contributed by atoms with Gasteiger partial charge in [0.15, 0.2) is 0 Å². The van der Waals surface area contributed by atoms with Crippen LogP contribution in [0.4, 0.5) is 0 Å². The minimum Gasteiger partial charge on any atom is -0.400 e. The van der Waals surface area contributed by atoms with Gasteiger partial charge < -0.3 is 14.4 Å². The lowest BCUT2D eigenvalue weighted by molar-refractivity contribution is 0.00578. The first-order valence-electron chi connectivity index (χ1n) is 7.21. The molecule has 23 heavy (non-hydrogen) atoms. The molecular weight excluding hydrogens is 319 g/mol. The second-order valence-electron chi connectivity index (χ2n) is 6.48. The average Bonchev–Trinajstić information content (AvgIpc) is 2.64. The Morgan fingerprint density at radius 1 is 1.17 bits per heavy atom. The van der Waals surface area contributed by atoms with Gasteiger partial charge in [-0.3, -0.25) is 4.55 Å². The summed E-state index contributed by atoms with van der Waals surface area (Å²) < 4.78 is 43.9. The number of aliphatic hydroxyl groups excluding tert-OH is 1. The maximum absolute atomic E-state index is 11.5. The summed E-state index contributed by atoms with van der Waals surface area (Å²) in [5.41, 5.74) is -0.517. The highest BCUT2D eigenvalue weighted by Crippen LogP contribution is 2.38. The van der Waals surface area contributed by atoms with E-state index >= 15 is 0 Å². The first kappa shape index (κ1) is 18.2. The quantitative estimate of drug-likeness (QED) is 0.643. The molecule has 0 aliphatic carbocycles. The fraction of sp³-hybridized carbons (Fsp3) is 0.467. The van der Waals surface area contributed by atoms with E-state index in [0.29, 0.717) is 5.47 Å². The monoisotopic (exact) mass is 340 g/mol. The predicted molar refractivity (Wildman–Crippen MR) is 87.4 cm³/mol. The molecule has 0 atom stereocenters. The molecule has 1 aromatic carbocycles. The lowest BCUT2D eigenvalue weighted by Crippen LogP contribution is -2.41. The molecule has 0 radical (unpaired) electrons. The molecule has 1 heterocycles. The van der Waals surface area contributed by atoms with Crippen molar-refractivity contribution >= 4 is 23.3 Å². The third kappa shape index (κ3) is 3.67. The van der Waals surface area contributed by atoms with Gasteiger partial charge in [-0.25, -0.2) is 0 Å². The number of rotatable bonds is 4. The lowest BCUT2D eigenvalue weighted by atomic mass is 9.77. The van der Waals surface area contributed by atoms with Crippen LogP contribution < -0.4 is 0 Å². The lowest BCUT2D eigenvalue weighted by Gasteiger charge is -2.32. The van der Waals surface area contributed by atoms with E-state index in [2.05, 4.69) is 0 Å². The highest BCUT2D eigenvalue weighted by Gasteiger charge is 2.52. The molecule has 0 spiro atoms. The van der Waals surface area contributed by atoms with Gasteiger partial charge in [0.2, 0.25) is 0 Å². The van der Waals surface area contributed by atoms with Gasteiger partial charge in [-0.2, -0.15) is 8.42 Å². The Bertz CT molecular complexity index is 707. The molecule has 1 aliphatic heterocycles. The smallest absolute Gasteiger partial charge is 0.400 e. The first-order chi connectivity index (χ1) is 10.5.